The van der Waals surface area contributed by atoms with Crippen molar-refractivity contribution in [3.8, 4) is 0 Å². The third-order valence-electron chi connectivity index (χ3n) is 3.20. The van der Waals surface area contributed by atoms with E-state index in [9.17, 15) is 8.42 Å². The maximum Gasteiger partial charge on any atom is 0.264 e. The summed E-state index contributed by atoms with van der Waals surface area (Å²) in [5.41, 5.74) is 0. The highest BCUT2D eigenvalue weighted by atomic mass is 32.2. The Bertz CT molecular complexity index is 292. The van der Waals surface area contributed by atoms with Gasteiger partial charge < -0.3 is 4.90 Å². The van der Waals surface area contributed by atoms with Crippen LogP contribution in [0.5, 0.6) is 0 Å². The summed E-state index contributed by atoms with van der Waals surface area (Å²) in [5.74, 6) is 0.622. The van der Waals surface area contributed by atoms with Gasteiger partial charge in [-0.25, -0.2) is 0 Å². The van der Waals surface area contributed by atoms with Gasteiger partial charge in [-0.2, -0.15) is 8.42 Å². The van der Waals surface area contributed by atoms with Crippen molar-refractivity contribution in [3.05, 3.63) is 0 Å². The van der Waals surface area contributed by atoms with Gasteiger partial charge in [-0.05, 0) is 52.1 Å². The van der Waals surface area contributed by atoms with Gasteiger partial charge in [0.1, 0.15) is 0 Å². The first-order chi connectivity index (χ1) is 7.38. The summed E-state index contributed by atoms with van der Waals surface area (Å²) < 4.78 is 26.3. The summed E-state index contributed by atoms with van der Waals surface area (Å²) >= 11 is 0. The number of hydrogen-bond acceptors (Lipinski definition) is 4. The molecule has 0 amide bonds. The molecule has 0 bridgehead atoms. The first-order valence-electron chi connectivity index (χ1n) is 5.97. The van der Waals surface area contributed by atoms with Crippen molar-refractivity contribution in [1.82, 2.24) is 4.90 Å². The average Bonchev–Trinajstić information content (AvgIpc) is 2.16. The fourth-order valence-corrected chi connectivity index (χ4v) is 2.52. The first-order valence-corrected chi connectivity index (χ1v) is 7.78. The van der Waals surface area contributed by atoms with Crippen LogP contribution in [0.1, 0.15) is 33.1 Å². The molecule has 96 valence electrons. The molecule has 1 aliphatic rings. The van der Waals surface area contributed by atoms with Crippen LogP contribution in [0.25, 0.3) is 0 Å². The first kappa shape index (κ1) is 13.9. The minimum absolute atomic E-state index is 0.338. The molecule has 0 N–H and O–H groups in total. The highest BCUT2D eigenvalue weighted by molar-refractivity contribution is 7.85. The highest BCUT2D eigenvalue weighted by Gasteiger charge is 2.20. The Morgan fingerprint density at radius 2 is 1.88 bits per heavy atom. The molecular formula is C11H23NO3S. The molecule has 1 aliphatic heterocycles. The zero-order valence-electron chi connectivity index (χ0n) is 10.5. The van der Waals surface area contributed by atoms with Gasteiger partial charge in [0.25, 0.3) is 10.1 Å². The molecule has 1 saturated heterocycles. The van der Waals surface area contributed by atoms with E-state index in [1.54, 1.807) is 0 Å². The maximum absolute atomic E-state index is 10.8. The Morgan fingerprint density at radius 1 is 1.31 bits per heavy atom. The van der Waals surface area contributed by atoms with Gasteiger partial charge >= 0.3 is 0 Å². The monoisotopic (exact) mass is 249 g/mol. The molecule has 0 saturated carbocycles. The van der Waals surface area contributed by atoms with E-state index in [0.29, 0.717) is 18.6 Å². The highest BCUT2D eigenvalue weighted by Crippen LogP contribution is 2.21. The molecule has 0 aromatic heterocycles. The Hall–Kier alpha value is -0.130. The van der Waals surface area contributed by atoms with Crippen molar-refractivity contribution >= 4 is 10.1 Å². The molecule has 0 unspecified atom stereocenters. The zero-order chi connectivity index (χ0) is 12.2. The topological polar surface area (TPSA) is 46.6 Å². The van der Waals surface area contributed by atoms with Gasteiger partial charge in [-0.1, -0.05) is 0 Å². The third kappa shape index (κ3) is 5.27. The number of hydrogen-bond donors (Lipinski definition) is 0. The second-order valence-corrected chi connectivity index (χ2v) is 6.53. The van der Waals surface area contributed by atoms with E-state index in [-0.39, 0.29) is 0 Å². The molecule has 0 aliphatic carbocycles. The Morgan fingerprint density at radius 3 is 2.31 bits per heavy atom. The van der Waals surface area contributed by atoms with Crippen LogP contribution in [0.2, 0.25) is 0 Å². The zero-order valence-corrected chi connectivity index (χ0v) is 11.3. The van der Waals surface area contributed by atoms with Crippen LogP contribution in [0.15, 0.2) is 0 Å². The molecule has 0 radical (unpaired) electrons. The summed E-state index contributed by atoms with van der Waals surface area (Å²) in [7, 11) is -3.26. The molecule has 0 atom stereocenters. The van der Waals surface area contributed by atoms with Crippen LogP contribution in [0.3, 0.4) is 0 Å². The minimum Gasteiger partial charge on any atom is -0.301 e. The smallest absolute Gasteiger partial charge is 0.264 e. The van der Waals surface area contributed by atoms with Crippen LogP contribution in [-0.2, 0) is 14.3 Å². The van der Waals surface area contributed by atoms with E-state index in [1.807, 2.05) is 0 Å². The molecule has 16 heavy (non-hydrogen) atoms. The van der Waals surface area contributed by atoms with Crippen molar-refractivity contribution in [2.45, 2.75) is 39.2 Å². The summed E-state index contributed by atoms with van der Waals surface area (Å²) in [6.45, 7) is 7.02. The molecule has 0 aromatic carbocycles. The van der Waals surface area contributed by atoms with Crippen LogP contribution < -0.4 is 0 Å². The fourth-order valence-electron chi connectivity index (χ4n) is 2.12. The normalized spacial score (nSPS) is 20.5. The average molecular weight is 249 g/mol. The van der Waals surface area contributed by atoms with E-state index >= 15 is 0 Å². The summed E-state index contributed by atoms with van der Waals surface area (Å²) in [4.78, 5) is 2.47. The fraction of sp³-hybridized carbons (Fsp3) is 1.00. The van der Waals surface area contributed by atoms with Crippen molar-refractivity contribution in [1.29, 1.82) is 0 Å². The lowest BCUT2D eigenvalue weighted by Crippen LogP contribution is -2.38. The predicted octanol–water partition coefficient (Wildman–Crippen LogP) is 1.47. The lowest BCUT2D eigenvalue weighted by Gasteiger charge is -2.34. The van der Waals surface area contributed by atoms with E-state index in [4.69, 9.17) is 4.18 Å². The molecule has 5 heteroatoms. The Labute approximate surface area is 99.1 Å². The maximum atomic E-state index is 10.8. The van der Waals surface area contributed by atoms with Gasteiger partial charge in [0, 0.05) is 6.04 Å². The van der Waals surface area contributed by atoms with Gasteiger partial charge in [-0.15, -0.1) is 0 Å². The van der Waals surface area contributed by atoms with E-state index in [1.165, 1.54) is 0 Å². The largest absolute Gasteiger partial charge is 0.301 e. The molecule has 0 aromatic rings. The second kappa shape index (κ2) is 5.98. The van der Waals surface area contributed by atoms with Crippen molar-refractivity contribution in [2.75, 3.05) is 26.0 Å². The predicted molar refractivity (Wildman–Crippen MR) is 64.8 cm³/mol. The van der Waals surface area contributed by atoms with Gasteiger partial charge in [0.05, 0.1) is 12.9 Å². The molecule has 4 nitrogen and oxygen atoms in total. The SMILES string of the molecule is CC(C)N1CCC(CCOS(C)(=O)=O)CC1. The lowest BCUT2D eigenvalue weighted by atomic mass is 9.93. The summed E-state index contributed by atoms with van der Waals surface area (Å²) in [5, 5.41) is 0. The molecule has 1 heterocycles. The lowest BCUT2D eigenvalue weighted by molar-refractivity contribution is 0.136. The van der Waals surface area contributed by atoms with E-state index < -0.39 is 10.1 Å². The Kier molecular flexibility index (Phi) is 5.21. The standard InChI is InChI=1S/C11H23NO3S/c1-10(2)12-7-4-11(5-8-12)6-9-15-16(3,13)14/h10-11H,4-9H2,1-3H3. The van der Waals surface area contributed by atoms with Gasteiger partial charge in [0.2, 0.25) is 0 Å². The van der Waals surface area contributed by atoms with Crippen LogP contribution >= 0.6 is 0 Å². The summed E-state index contributed by atoms with van der Waals surface area (Å²) in [6, 6.07) is 0.619. The quantitative estimate of drug-likeness (QED) is 0.692. The van der Waals surface area contributed by atoms with Crippen LogP contribution in [-0.4, -0.2) is 45.3 Å². The summed E-state index contributed by atoms with van der Waals surface area (Å²) in [6.07, 6.45) is 4.28. The van der Waals surface area contributed by atoms with E-state index in [2.05, 4.69) is 18.7 Å². The van der Waals surface area contributed by atoms with Gasteiger partial charge in [-0.3, -0.25) is 4.18 Å². The Balaban J connectivity index is 2.18. The molecular weight excluding hydrogens is 226 g/mol. The van der Waals surface area contributed by atoms with Crippen LogP contribution in [0.4, 0.5) is 0 Å². The number of rotatable bonds is 5. The second-order valence-electron chi connectivity index (χ2n) is 4.89. The number of nitrogens with zero attached hydrogens (tertiary/aromatic N) is 1. The minimum atomic E-state index is -3.26. The van der Waals surface area contributed by atoms with Crippen molar-refractivity contribution < 1.29 is 12.6 Å². The molecule has 1 fully saturated rings. The van der Waals surface area contributed by atoms with Crippen LogP contribution in [0, 0.1) is 5.92 Å². The van der Waals surface area contributed by atoms with Gasteiger partial charge in [0.15, 0.2) is 0 Å². The molecule has 0 spiro atoms. The third-order valence-corrected chi connectivity index (χ3v) is 3.80. The number of likely N-dealkylation sites (tertiary alicyclic amines) is 1. The van der Waals surface area contributed by atoms with Crippen molar-refractivity contribution in [2.24, 2.45) is 5.92 Å². The van der Waals surface area contributed by atoms with E-state index in [0.717, 1.165) is 38.6 Å². The molecule has 1 rings (SSSR count). The van der Waals surface area contributed by atoms with Crippen molar-refractivity contribution in [3.63, 3.8) is 0 Å². The number of piperidine rings is 1.